The van der Waals surface area contributed by atoms with Gasteiger partial charge in [-0.3, -0.25) is 0 Å². The Labute approximate surface area is 99.2 Å². The van der Waals surface area contributed by atoms with Crippen LogP contribution >= 0.6 is 11.3 Å². The number of rotatable bonds is 1. The maximum Gasteiger partial charge on any atom is 0.132 e. The van der Waals surface area contributed by atoms with E-state index in [-0.39, 0.29) is 0 Å². The van der Waals surface area contributed by atoms with Gasteiger partial charge in [-0.25, -0.2) is 4.98 Å². The van der Waals surface area contributed by atoms with Gasteiger partial charge in [-0.1, -0.05) is 12.1 Å². The van der Waals surface area contributed by atoms with Crippen LogP contribution in [0.15, 0.2) is 18.2 Å². The van der Waals surface area contributed by atoms with Crippen LogP contribution in [0.5, 0.6) is 0 Å². The average molecular weight is 228 g/mol. The van der Waals surface area contributed by atoms with Gasteiger partial charge in [0.1, 0.15) is 10.9 Å². The van der Waals surface area contributed by atoms with Crippen LogP contribution in [0.25, 0.3) is 11.3 Å². The number of aromatic nitrogens is 1. The number of aryl methyl sites for hydroxylation is 3. The first-order valence-corrected chi connectivity index (χ1v) is 5.88. The molecule has 3 heteroatoms. The van der Waals surface area contributed by atoms with Crippen LogP contribution in [0, 0.1) is 32.1 Å². The molecule has 0 bridgehead atoms. The molecular formula is C13H12N2S. The largest absolute Gasteiger partial charge is 0.240 e. The van der Waals surface area contributed by atoms with Gasteiger partial charge in [-0.2, -0.15) is 5.26 Å². The van der Waals surface area contributed by atoms with E-state index in [9.17, 15) is 0 Å². The van der Waals surface area contributed by atoms with E-state index < -0.39 is 0 Å². The van der Waals surface area contributed by atoms with Crippen LogP contribution in [0.1, 0.15) is 21.0 Å². The number of nitriles is 1. The molecule has 1 heterocycles. The molecule has 0 aliphatic rings. The van der Waals surface area contributed by atoms with E-state index in [1.807, 2.05) is 13.0 Å². The molecule has 0 saturated carbocycles. The molecule has 0 spiro atoms. The highest BCUT2D eigenvalue weighted by atomic mass is 32.1. The van der Waals surface area contributed by atoms with Crippen molar-refractivity contribution >= 4 is 11.3 Å². The van der Waals surface area contributed by atoms with E-state index in [1.165, 1.54) is 22.5 Å². The lowest BCUT2D eigenvalue weighted by molar-refractivity contribution is 1.28. The van der Waals surface area contributed by atoms with Crippen LogP contribution in [0.4, 0.5) is 0 Å². The van der Waals surface area contributed by atoms with Crippen LogP contribution < -0.4 is 0 Å². The molecule has 2 nitrogen and oxygen atoms in total. The summed E-state index contributed by atoms with van der Waals surface area (Å²) >= 11 is 1.45. The van der Waals surface area contributed by atoms with Crippen molar-refractivity contribution in [1.82, 2.24) is 4.98 Å². The quantitative estimate of drug-likeness (QED) is 0.747. The van der Waals surface area contributed by atoms with Gasteiger partial charge in [-0.15, -0.1) is 11.3 Å². The molecule has 2 rings (SSSR count). The highest BCUT2D eigenvalue weighted by molar-refractivity contribution is 7.12. The zero-order valence-electron chi connectivity index (χ0n) is 9.53. The molecule has 0 fully saturated rings. The highest BCUT2D eigenvalue weighted by Gasteiger charge is 2.11. The Bertz CT molecular complexity index is 576. The van der Waals surface area contributed by atoms with Gasteiger partial charge in [-0.05, 0) is 38.0 Å². The number of thiazole rings is 1. The first-order chi connectivity index (χ1) is 7.61. The van der Waals surface area contributed by atoms with Crippen LogP contribution in [0.2, 0.25) is 0 Å². The standard InChI is InChI=1S/C13H12N2S/c1-8-4-5-11(6-9(8)2)13-12(7-14)16-10(3)15-13/h4-6H,1-3H3. The van der Waals surface area contributed by atoms with E-state index >= 15 is 0 Å². The van der Waals surface area contributed by atoms with Gasteiger partial charge in [0.2, 0.25) is 0 Å². The van der Waals surface area contributed by atoms with Crippen LogP contribution in [0.3, 0.4) is 0 Å². The topological polar surface area (TPSA) is 36.7 Å². The molecule has 0 atom stereocenters. The first kappa shape index (κ1) is 10.8. The molecule has 1 aromatic carbocycles. The zero-order valence-corrected chi connectivity index (χ0v) is 10.4. The van der Waals surface area contributed by atoms with Gasteiger partial charge in [0.15, 0.2) is 0 Å². The van der Waals surface area contributed by atoms with Crippen molar-refractivity contribution in [2.75, 3.05) is 0 Å². The molecule has 80 valence electrons. The molecule has 0 saturated heterocycles. The minimum Gasteiger partial charge on any atom is -0.240 e. The van der Waals surface area contributed by atoms with E-state index in [1.54, 1.807) is 0 Å². The second-order valence-electron chi connectivity index (χ2n) is 3.82. The van der Waals surface area contributed by atoms with E-state index in [0.717, 1.165) is 16.3 Å². The van der Waals surface area contributed by atoms with Crippen molar-refractivity contribution < 1.29 is 0 Å². The monoisotopic (exact) mass is 228 g/mol. The Hall–Kier alpha value is -1.66. The summed E-state index contributed by atoms with van der Waals surface area (Å²) in [5.74, 6) is 0. The summed E-state index contributed by atoms with van der Waals surface area (Å²) < 4.78 is 0. The Morgan fingerprint density at radius 1 is 1.19 bits per heavy atom. The van der Waals surface area contributed by atoms with Crippen molar-refractivity contribution in [3.05, 3.63) is 39.2 Å². The number of hydrogen-bond acceptors (Lipinski definition) is 3. The fraction of sp³-hybridized carbons (Fsp3) is 0.231. The summed E-state index contributed by atoms with van der Waals surface area (Å²) in [5, 5.41) is 9.97. The summed E-state index contributed by atoms with van der Waals surface area (Å²) in [6.07, 6.45) is 0. The number of nitrogens with zero attached hydrogens (tertiary/aromatic N) is 2. The highest BCUT2D eigenvalue weighted by Crippen LogP contribution is 2.28. The minimum atomic E-state index is 0.695. The molecule has 0 radical (unpaired) electrons. The second-order valence-corrected chi connectivity index (χ2v) is 5.02. The summed E-state index contributed by atoms with van der Waals surface area (Å²) in [6, 6.07) is 8.39. The SMILES string of the molecule is Cc1nc(-c2ccc(C)c(C)c2)c(C#N)s1. The van der Waals surface area contributed by atoms with Crippen molar-refractivity contribution in [3.63, 3.8) is 0 Å². The average Bonchev–Trinajstić information content (AvgIpc) is 2.63. The molecule has 0 aliphatic carbocycles. The molecular weight excluding hydrogens is 216 g/mol. The summed E-state index contributed by atoms with van der Waals surface area (Å²) in [4.78, 5) is 5.11. The third-order valence-corrected chi connectivity index (χ3v) is 3.49. The maximum atomic E-state index is 9.04. The van der Waals surface area contributed by atoms with Gasteiger partial charge in [0, 0.05) is 5.56 Å². The fourth-order valence-electron chi connectivity index (χ4n) is 1.59. The van der Waals surface area contributed by atoms with Crippen molar-refractivity contribution in [2.24, 2.45) is 0 Å². The summed E-state index contributed by atoms with van der Waals surface area (Å²) in [6.45, 7) is 6.08. The van der Waals surface area contributed by atoms with E-state index in [2.05, 4.69) is 37.0 Å². The molecule has 1 aromatic heterocycles. The Morgan fingerprint density at radius 3 is 2.56 bits per heavy atom. The minimum absolute atomic E-state index is 0.695. The van der Waals surface area contributed by atoms with E-state index in [0.29, 0.717) is 4.88 Å². The lowest BCUT2D eigenvalue weighted by Gasteiger charge is -2.02. The molecule has 2 aromatic rings. The lowest BCUT2D eigenvalue weighted by atomic mass is 10.0. The van der Waals surface area contributed by atoms with Crippen LogP contribution in [-0.4, -0.2) is 4.98 Å². The summed E-state index contributed by atoms with van der Waals surface area (Å²) in [5.41, 5.74) is 4.33. The number of hydrogen-bond donors (Lipinski definition) is 0. The van der Waals surface area contributed by atoms with Gasteiger partial charge >= 0.3 is 0 Å². The Balaban J connectivity index is 2.59. The van der Waals surface area contributed by atoms with E-state index in [4.69, 9.17) is 5.26 Å². The second kappa shape index (κ2) is 4.07. The predicted octanol–water partition coefficient (Wildman–Crippen LogP) is 3.61. The van der Waals surface area contributed by atoms with Crippen molar-refractivity contribution in [3.8, 4) is 17.3 Å². The van der Waals surface area contributed by atoms with Crippen LogP contribution in [-0.2, 0) is 0 Å². The predicted molar refractivity (Wildman–Crippen MR) is 66.5 cm³/mol. The Morgan fingerprint density at radius 2 is 1.94 bits per heavy atom. The number of benzene rings is 1. The van der Waals surface area contributed by atoms with Crippen molar-refractivity contribution in [1.29, 1.82) is 5.26 Å². The Kier molecular flexibility index (Phi) is 2.76. The molecule has 0 N–H and O–H groups in total. The third kappa shape index (κ3) is 1.84. The smallest absolute Gasteiger partial charge is 0.132 e. The van der Waals surface area contributed by atoms with Gasteiger partial charge in [0.25, 0.3) is 0 Å². The third-order valence-electron chi connectivity index (χ3n) is 2.62. The fourth-order valence-corrected chi connectivity index (χ4v) is 2.33. The molecule has 16 heavy (non-hydrogen) atoms. The molecule has 0 aliphatic heterocycles. The molecule has 0 unspecified atom stereocenters. The van der Waals surface area contributed by atoms with Gasteiger partial charge in [0.05, 0.1) is 10.7 Å². The zero-order chi connectivity index (χ0) is 11.7. The molecule has 0 amide bonds. The first-order valence-electron chi connectivity index (χ1n) is 5.07. The van der Waals surface area contributed by atoms with Gasteiger partial charge < -0.3 is 0 Å². The normalized spacial score (nSPS) is 10.1. The summed E-state index contributed by atoms with van der Waals surface area (Å²) in [7, 11) is 0. The lowest BCUT2D eigenvalue weighted by Crippen LogP contribution is -1.85. The maximum absolute atomic E-state index is 9.04. The van der Waals surface area contributed by atoms with Crippen molar-refractivity contribution in [2.45, 2.75) is 20.8 Å².